The van der Waals surface area contributed by atoms with Crippen LogP contribution in [-0.4, -0.2) is 22.2 Å². The van der Waals surface area contributed by atoms with E-state index >= 15 is 0 Å². The van der Waals surface area contributed by atoms with Crippen molar-refractivity contribution in [1.29, 1.82) is 0 Å². The van der Waals surface area contributed by atoms with E-state index in [0.717, 1.165) is 22.6 Å². The zero-order chi connectivity index (χ0) is 19.2. The van der Waals surface area contributed by atoms with Gasteiger partial charge in [-0.25, -0.2) is 0 Å². The predicted octanol–water partition coefficient (Wildman–Crippen LogP) is 4.02. The molecule has 1 atom stereocenters. The first-order valence-electron chi connectivity index (χ1n) is 9.00. The summed E-state index contributed by atoms with van der Waals surface area (Å²) >= 11 is 0. The zero-order valence-electron chi connectivity index (χ0n) is 15.4. The Morgan fingerprint density at radius 3 is 2.46 bits per heavy atom. The van der Waals surface area contributed by atoms with Crippen LogP contribution in [0.4, 0.5) is 0 Å². The Morgan fingerprint density at radius 2 is 1.75 bits per heavy atom. The lowest BCUT2D eigenvalue weighted by molar-refractivity contribution is 0.362. The van der Waals surface area contributed by atoms with E-state index in [2.05, 4.69) is 32.6 Å². The van der Waals surface area contributed by atoms with Crippen LogP contribution in [0, 0.1) is 0 Å². The van der Waals surface area contributed by atoms with Crippen molar-refractivity contribution in [2.24, 2.45) is 0 Å². The lowest BCUT2D eigenvalue weighted by atomic mass is 10.0. The van der Waals surface area contributed by atoms with Gasteiger partial charge in [-0.1, -0.05) is 41.6 Å². The fourth-order valence-corrected chi connectivity index (χ4v) is 2.96. The molecule has 2 aromatic heterocycles. The largest absolute Gasteiger partial charge is 0.497 e. The van der Waals surface area contributed by atoms with Gasteiger partial charge in [-0.15, -0.1) is 0 Å². The molecule has 28 heavy (non-hydrogen) atoms. The van der Waals surface area contributed by atoms with Gasteiger partial charge in [0.2, 0.25) is 11.7 Å². The minimum absolute atomic E-state index is 0.0706. The molecule has 1 unspecified atom stereocenters. The topological polar surface area (TPSA) is 73.1 Å². The average Bonchev–Trinajstić information content (AvgIpc) is 3.24. The summed E-state index contributed by atoms with van der Waals surface area (Å²) in [5, 5.41) is 7.56. The molecule has 6 heteroatoms. The third kappa shape index (κ3) is 4.07. The first-order valence-corrected chi connectivity index (χ1v) is 9.00. The summed E-state index contributed by atoms with van der Waals surface area (Å²) < 4.78 is 10.6. The lowest BCUT2D eigenvalue weighted by Gasteiger charge is -2.17. The molecule has 0 saturated carbocycles. The quantitative estimate of drug-likeness (QED) is 0.528. The molecule has 0 spiro atoms. The van der Waals surface area contributed by atoms with Gasteiger partial charge in [-0.2, -0.15) is 4.98 Å². The molecule has 0 bridgehead atoms. The van der Waals surface area contributed by atoms with Crippen LogP contribution in [0.2, 0.25) is 0 Å². The third-order valence-electron chi connectivity index (χ3n) is 4.39. The van der Waals surface area contributed by atoms with E-state index in [1.54, 1.807) is 13.3 Å². The van der Waals surface area contributed by atoms with Crippen LogP contribution in [0.15, 0.2) is 83.5 Å². The molecule has 4 aromatic rings. The first kappa shape index (κ1) is 17.9. The summed E-state index contributed by atoms with van der Waals surface area (Å²) in [6, 6.07) is 23.5. The highest BCUT2D eigenvalue weighted by molar-refractivity contribution is 5.55. The molecule has 0 aliphatic heterocycles. The van der Waals surface area contributed by atoms with E-state index in [9.17, 15) is 0 Å². The maximum absolute atomic E-state index is 5.42. The Kier molecular flexibility index (Phi) is 5.40. The molecule has 0 saturated heterocycles. The van der Waals surface area contributed by atoms with Crippen LogP contribution < -0.4 is 10.1 Å². The number of methoxy groups -OCH3 is 1. The van der Waals surface area contributed by atoms with Gasteiger partial charge in [0.05, 0.1) is 25.4 Å². The SMILES string of the molecule is COc1ccc(-c2noc(CNC(c3ccccc3)c3ccccn3)n2)cc1. The summed E-state index contributed by atoms with van der Waals surface area (Å²) in [6.07, 6.45) is 1.79. The molecule has 6 nitrogen and oxygen atoms in total. The van der Waals surface area contributed by atoms with Gasteiger partial charge in [-0.3, -0.25) is 10.3 Å². The number of pyridine rings is 1. The van der Waals surface area contributed by atoms with E-state index in [1.807, 2.05) is 60.7 Å². The van der Waals surface area contributed by atoms with E-state index in [-0.39, 0.29) is 6.04 Å². The second-order valence-corrected chi connectivity index (χ2v) is 6.22. The van der Waals surface area contributed by atoms with Gasteiger partial charge >= 0.3 is 0 Å². The maximum atomic E-state index is 5.42. The van der Waals surface area contributed by atoms with Crippen molar-refractivity contribution in [1.82, 2.24) is 20.4 Å². The first-order chi connectivity index (χ1) is 13.8. The lowest BCUT2D eigenvalue weighted by Crippen LogP contribution is -2.23. The van der Waals surface area contributed by atoms with Crippen LogP contribution in [0.25, 0.3) is 11.4 Å². The highest BCUT2D eigenvalue weighted by atomic mass is 16.5. The Morgan fingerprint density at radius 1 is 0.964 bits per heavy atom. The molecule has 1 N–H and O–H groups in total. The van der Waals surface area contributed by atoms with Crippen molar-refractivity contribution in [3.63, 3.8) is 0 Å². The Labute approximate surface area is 163 Å². The zero-order valence-corrected chi connectivity index (χ0v) is 15.4. The van der Waals surface area contributed by atoms with Crippen molar-refractivity contribution in [2.45, 2.75) is 12.6 Å². The van der Waals surface area contributed by atoms with Gasteiger partial charge in [0.15, 0.2) is 0 Å². The average molecular weight is 372 g/mol. The summed E-state index contributed by atoms with van der Waals surface area (Å²) in [4.78, 5) is 8.99. The summed E-state index contributed by atoms with van der Waals surface area (Å²) in [7, 11) is 1.64. The van der Waals surface area contributed by atoms with Crippen molar-refractivity contribution in [2.75, 3.05) is 7.11 Å². The summed E-state index contributed by atoms with van der Waals surface area (Å²) in [6.45, 7) is 0.430. The summed E-state index contributed by atoms with van der Waals surface area (Å²) in [5.74, 6) is 1.85. The smallest absolute Gasteiger partial charge is 0.240 e. The monoisotopic (exact) mass is 372 g/mol. The van der Waals surface area contributed by atoms with E-state index in [1.165, 1.54) is 0 Å². The number of hydrogen-bond donors (Lipinski definition) is 1. The molecule has 2 heterocycles. The molecule has 0 aliphatic rings. The van der Waals surface area contributed by atoms with E-state index in [4.69, 9.17) is 9.26 Å². The fourth-order valence-electron chi connectivity index (χ4n) is 2.96. The molecule has 0 radical (unpaired) electrons. The number of hydrogen-bond acceptors (Lipinski definition) is 6. The molecular weight excluding hydrogens is 352 g/mol. The number of nitrogens with zero attached hydrogens (tertiary/aromatic N) is 3. The third-order valence-corrected chi connectivity index (χ3v) is 4.39. The van der Waals surface area contributed by atoms with Gasteiger partial charge in [-0.05, 0) is 42.0 Å². The number of nitrogens with one attached hydrogen (secondary N) is 1. The number of rotatable bonds is 7. The van der Waals surface area contributed by atoms with Crippen LogP contribution >= 0.6 is 0 Å². The van der Waals surface area contributed by atoms with Crippen LogP contribution in [0.3, 0.4) is 0 Å². The number of ether oxygens (including phenoxy) is 1. The van der Waals surface area contributed by atoms with Crippen LogP contribution in [0.5, 0.6) is 5.75 Å². The molecule has 140 valence electrons. The highest BCUT2D eigenvalue weighted by Crippen LogP contribution is 2.22. The normalized spacial score (nSPS) is 11.9. The molecule has 4 rings (SSSR count). The van der Waals surface area contributed by atoms with Crippen LogP contribution in [-0.2, 0) is 6.54 Å². The van der Waals surface area contributed by atoms with Gasteiger partial charge in [0.25, 0.3) is 0 Å². The number of aromatic nitrogens is 3. The minimum Gasteiger partial charge on any atom is -0.497 e. The highest BCUT2D eigenvalue weighted by Gasteiger charge is 2.16. The van der Waals surface area contributed by atoms with Crippen molar-refractivity contribution in [3.8, 4) is 17.1 Å². The van der Waals surface area contributed by atoms with E-state index in [0.29, 0.717) is 18.3 Å². The molecule has 0 fully saturated rings. The molecular formula is C22H20N4O2. The molecule has 0 amide bonds. The van der Waals surface area contributed by atoms with Gasteiger partial charge < -0.3 is 9.26 Å². The minimum atomic E-state index is -0.0706. The van der Waals surface area contributed by atoms with Crippen LogP contribution in [0.1, 0.15) is 23.2 Å². The molecule has 2 aromatic carbocycles. The summed E-state index contributed by atoms with van der Waals surface area (Å²) in [5.41, 5.74) is 2.93. The second kappa shape index (κ2) is 8.45. The van der Waals surface area contributed by atoms with E-state index < -0.39 is 0 Å². The van der Waals surface area contributed by atoms with Crippen molar-refractivity contribution >= 4 is 0 Å². The standard InChI is InChI=1S/C22H20N4O2/c1-27-18-12-10-17(11-13-18)22-25-20(28-26-22)15-24-21(16-7-3-2-4-8-16)19-9-5-6-14-23-19/h2-14,21,24H,15H2,1H3. The van der Waals surface area contributed by atoms with Crippen molar-refractivity contribution < 1.29 is 9.26 Å². The predicted molar refractivity (Wildman–Crippen MR) is 106 cm³/mol. The number of benzene rings is 2. The molecule has 0 aliphatic carbocycles. The Balaban J connectivity index is 1.51. The Bertz CT molecular complexity index is 962. The van der Waals surface area contributed by atoms with Gasteiger partial charge in [0, 0.05) is 11.8 Å². The second-order valence-electron chi connectivity index (χ2n) is 6.22. The Hall–Kier alpha value is -3.51. The van der Waals surface area contributed by atoms with Gasteiger partial charge in [0.1, 0.15) is 5.75 Å². The fraction of sp³-hybridized carbons (Fsp3) is 0.136. The van der Waals surface area contributed by atoms with Crippen molar-refractivity contribution in [3.05, 3.63) is 96.1 Å². The maximum Gasteiger partial charge on any atom is 0.240 e.